The van der Waals surface area contributed by atoms with Gasteiger partial charge >= 0.3 is 6.18 Å². The molecule has 2 aliphatic rings. The Labute approximate surface area is 92.8 Å². The predicted octanol–water partition coefficient (Wildman–Crippen LogP) is 2.59. The molecule has 1 saturated heterocycles. The van der Waals surface area contributed by atoms with Gasteiger partial charge in [0.2, 0.25) is 5.91 Å². The normalized spacial score (nSPS) is 25.6. The zero-order chi connectivity index (χ0) is 12.0. The van der Waals surface area contributed by atoms with Crippen molar-refractivity contribution >= 4 is 5.91 Å². The number of hydrogen-bond acceptors (Lipinski definition) is 1. The van der Waals surface area contributed by atoms with Crippen LogP contribution in [0.25, 0.3) is 0 Å². The minimum atomic E-state index is -4.37. The van der Waals surface area contributed by atoms with Crippen LogP contribution in [0.1, 0.15) is 32.6 Å². The van der Waals surface area contributed by atoms with Crippen molar-refractivity contribution in [2.45, 2.75) is 38.8 Å². The van der Waals surface area contributed by atoms with Crippen molar-refractivity contribution in [1.29, 1.82) is 0 Å². The largest absolute Gasteiger partial charge is 0.403 e. The molecule has 2 rings (SSSR count). The van der Waals surface area contributed by atoms with E-state index in [1.165, 1.54) is 4.90 Å². The van der Waals surface area contributed by atoms with Crippen molar-refractivity contribution in [2.24, 2.45) is 11.3 Å². The molecular weight excluding hydrogens is 219 g/mol. The van der Waals surface area contributed by atoms with Gasteiger partial charge in [-0.05, 0) is 31.6 Å². The Morgan fingerprint density at radius 1 is 1.25 bits per heavy atom. The minimum Gasteiger partial charge on any atom is -0.342 e. The van der Waals surface area contributed by atoms with Gasteiger partial charge in [0, 0.05) is 13.1 Å². The molecule has 0 aromatic rings. The molecule has 0 aromatic carbocycles. The lowest BCUT2D eigenvalue weighted by atomic mass is 9.96. The predicted molar refractivity (Wildman–Crippen MR) is 52.7 cm³/mol. The molecule has 0 unspecified atom stereocenters. The van der Waals surface area contributed by atoms with Crippen molar-refractivity contribution in [3.05, 3.63) is 0 Å². The molecule has 1 heterocycles. The van der Waals surface area contributed by atoms with E-state index in [1.807, 2.05) is 0 Å². The third kappa shape index (κ3) is 1.80. The maximum absolute atomic E-state index is 12.7. The molecule has 0 bridgehead atoms. The Hall–Kier alpha value is -0.740. The summed E-state index contributed by atoms with van der Waals surface area (Å²) in [6.45, 7) is 3.04. The van der Waals surface area contributed by atoms with Gasteiger partial charge in [-0.25, -0.2) is 0 Å². The molecule has 1 aliphatic heterocycles. The molecule has 0 atom stereocenters. The van der Waals surface area contributed by atoms with Crippen LogP contribution in [0.5, 0.6) is 0 Å². The summed E-state index contributed by atoms with van der Waals surface area (Å²) in [5, 5.41) is 0. The van der Waals surface area contributed by atoms with Crippen molar-refractivity contribution in [3.8, 4) is 0 Å². The second-order valence-electron chi connectivity index (χ2n) is 5.05. The molecular formula is C11H16F3NO. The molecule has 92 valence electrons. The Morgan fingerprint density at radius 2 is 1.75 bits per heavy atom. The fraction of sp³-hybridized carbons (Fsp3) is 0.909. The van der Waals surface area contributed by atoms with Gasteiger partial charge in [-0.1, -0.05) is 6.92 Å². The summed E-state index contributed by atoms with van der Waals surface area (Å²) in [5.74, 6) is -0.169. The van der Waals surface area contributed by atoms with Gasteiger partial charge in [0.05, 0.1) is 0 Å². The lowest BCUT2D eigenvalue weighted by molar-refractivity contribution is -0.199. The second-order valence-corrected chi connectivity index (χ2v) is 5.05. The van der Waals surface area contributed by atoms with Crippen LogP contribution in [0.15, 0.2) is 0 Å². The SMILES string of the molecule is CC1CCN(C(=O)C2(C(F)(F)F)CC2)CC1. The summed E-state index contributed by atoms with van der Waals surface area (Å²) in [5.41, 5.74) is -2.02. The topological polar surface area (TPSA) is 20.3 Å². The van der Waals surface area contributed by atoms with Gasteiger partial charge in [-0.2, -0.15) is 13.2 Å². The molecule has 5 heteroatoms. The molecule has 16 heavy (non-hydrogen) atoms. The molecule has 2 fully saturated rings. The van der Waals surface area contributed by atoms with E-state index in [4.69, 9.17) is 0 Å². The summed E-state index contributed by atoms with van der Waals surface area (Å²) in [7, 11) is 0. The van der Waals surface area contributed by atoms with Crippen LogP contribution in [-0.4, -0.2) is 30.1 Å². The van der Waals surface area contributed by atoms with Gasteiger partial charge in [0.25, 0.3) is 0 Å². The summed E-state index contributed by atoms with van der Waals surface area (Å²) in [6, 6.07) is 0. The zero-order valence-corrected chi connectivity index (χ0v) is 9.31. The molecule has 1 aliphatic carbocycles. The lowest BCUT2D eigenvalue weighted by Crippen LogP contribution is -2.47. The number of nitrogens with zero attached hydrogens (tertiary/aromatic N) is 1. The Morgan fingerprint density at radius 3 is 2.12 bits per heavy atom. The van der Waals surface area contributed by atoms with Crippen molar-refractivity contribution in [3.63, 3.8) is 0 Å². The number of amides is 1. The zero-order valence-electron chi connectivity index (χ0n) is 9.31. The van der Waals surface area contributed by atoms with E-state index in [0.29, 0.717) is 19.0 Å². The van der Waals surface area contributed by atoms with Crippen LogP contribution in [-0.2, 0) is 4.79 Å². The smallest absolute Gasteiger partial charge is 0.342 e. The molecule has 1 amide bonds. The first kappa shape index (κ1) is 11.7. The van der Waals surface area contributed by atoms with Gasteiger partial charge < -0.3 is 4.90 Å². The van der Waals surface area contributed by atoms with Crippen molar-refractivity contribution in [1.82, 2.24) is 4.90 Å². The van der Waals surface area contributed by atoms with Gasteiger partial charge in [0.15, 0.2) is 0 Å². The fourth-order valence-electron chi connectivity index (χ4n) is 2.26. The van der Waals surface area contributed by atoms with Crippen molar-refractivity contribution < 1.29 is 18.0 Å². The summed E-state index contributed by atoms with van der Waals surface area (Å²) in [6.07, 6.45) is -2.78. The van der Waals surface area contributed by atoms with Gasteiger partial charge in [-0.3, -0.25) is 4.79 Å². The maximum atomic E-state index is 12.7. The van der Waals surface area contributed by atoms with Crippen LogP contribution in [0.4, 0.5) is 13.2 Å². The quantitative estimate of drug-likeness (QED) is 0.684. The number of hydrogen-bond donors (Lipinski definition) is 0. The standard InChI is InChI=1S/C11H16F3NO/c1-8-2-6-15(7-3-8)9(16)10(4-5-10)11(12,13)14/h8H,2-7H2,1H3. The first-order chi connectivity index (χ1) is 7.37. The van der Waals surface area contributed by atoms with Crippen LogP contribution in [0.2, 0.25) is 0 Å². The van der Waals surface area contributed by atoms with E-state index < -0.39 is 17.5 Å². The number of halogens is 3. The molecule has 0 radical (unpaired) electrons. The summed E-state index contributed by atoms with van der Waals surface area (Å²) >= 11 is 0. The van der Waals surface area contributed by atoms with Crippen molar-refractivity contribution in [2.75, 3.05) is 13.1 Å². The van der Waals surface area contributed by atoms with E-state index in [2.05, 4.69) is 6.92 Å². The van der Waals surface area contributed by atoms with Crippen LogP contribution in [0, 0.1) is 11.3 Å². The van der Waals surface area contributed by atoms with E-state index >= 15 is 0 Å². The van der Waals surface area contributed by atoms with E-state index in [9.17, 15) is 18.0 Å². The van der Waals surface area contributed by atoms with Gasteiger partial charge in [0.1, 0.15) is 5.41 Å². The third-order valence-electron chi connectivity index (χ3n) is 3.77. The average Bonchev–Trinajstić information content (AvgIpc) is 2.97. The Kier molecular flexibility index (Phi) is 2.67. The number of rotatable bonds is 1. The summed E-state index contributed by atoms with van der Waals surface area (Å²) in [4.78, 5) is 13.2. The van der Waals surface area contributed by atoms with E-state index in [-0.39, 0.29) is 12.8 Å². The van der Waals surface area contributed by atoms with Gasteiger partial charge in [-0.15, -0.1) is 0 Å². The van der Waals surface area contributed by atoms with Crippen LogP contribution >= 0.6 is 0 Å². The molecule has 0 N–H and O–H groups in total. The lowest BCUT2D eigenvalue weighted by Gasteiger charge is -2.33. The maximum Gasteiger partial charge on any atom is 0.403 e. The molecule has 0 aromatic heterocycles. The van der Waals surface area contributed by atoms with Crippen LogP contribution in [0.3, 0.4) is 0 Å². The molecule has 0 spiro atoms. The number of alkyl halides is 3. The highest BCUT2D eigenvalue weighted by Gasteiger charge is 2.69. The molecule has 2 nitrogen and oxygen atoms in total. The van der Waals surface area contributed by atoms with E-state index in [1.54, 1.807) is 0 Å². The minimum absolute atomic E-state index is 0.0264. The first-order valence-corrected chi connectivity index (χ1v) is 5.73. The Balaban J connectivity index is 2.03. The fourth-order valence-corrected chi connectivity index (χ4v) is 2.26. The number of piperidine rings is 1. The first-order valence-electron chi connectivity index (χ1n) is 5.73. The number of likely N-dealkylation sites (tertiary alicyclic amines) is 1. The highest BCUT2D eigenvalue weighted by Crippen LogP contribution is 2.58. The highest BCUT2D eigenvalue weighted by molar-refractivity contribution is 5.86. The highest BCUT2D eigenvalue weighted by atomic mass is 19.4. The average molecular weight is 235 g/mol. The monoisotopic (exact) mass is 235 g/mol. The molecule has 1 saturated carbocycles. The third-order valence-corrected chi connectivity index (χ3v) is 3.77. The van der Waals surface area contributed by atoms with E-state index in [0.717, 1.165) is 12.8 Å². The second kappa shape index (κ2) is 3.64. The Bertz CT molecular complexity index is 288. The van der Waals surface area contributed by atoms with Crippen LogP contribution < -0.4 is 0 Å². The summed E-state index contributed by atoms with van der Waals surface area (Å²) < 4.78 is 38.2. The number of carbonyl (C=O) groups is 1. The number of carbonyl (C=O) groups excluding carboxylic acids is 1.